The first-order valence-corrected chi connectivity index (χ1v) is 7.65. The number of aryl methyl sites for hydroxylation is 1. The summed E-state index contributed by atoms with van der Waals surface area (Å²) in [5, 5.41) is 1.28. The van der Waals surface area contributed by atoms with Gasteiger partial charge in [-0.25, -0.2) is 0 Å². The van der Waals surface area contributed by atoms with Gasteiger partial charge in [0, 0.05) is 36.6 Å². The molecule has 4 nitrogen and oxygen atoms in total. The van der Waals surface area contributed by atoms with E-state index in [1.807, 2.05) is 6.07 Å². The van der Waals surface area contributed by atoms with Crippen LogP contribution in [0.25, 0.3) is 10.9 Å². The fourth-order valence-electron chi connectivity index (χ4n) is 4.05. The van der Waals surface area contributed by atoms with Gasteiger partial charge in [0.15, 0.2) is 0 Å². The Morgan fingerprint density at radius 3 is 2.95 bits per heavy atom. The fraction of sp³-hybridized carbons (Fsp3) is 0.471. The molecule has 1 unspecified atom stereocenters. The van der Waals surface area contributed by atoms with Gasteiger partial charge in [-0.1, -0.05) is 0 Å². The highest BCUT2D eigenvalue weighted by atomic mass is 16.5. The number of piperidine rings is 1. The molecule has 0 N–H and O–H groups in total. The Bertz CT molecular complexity index is 732. The Labute approximate surface area is 124 Å². The molecule has 2 aliphatic heterocycles. The van der Waals surface area contributed by atoms with Crippen LogP contribution in [-0.2, 0) is 18.3 Å². The first-order valence-electron chi connectivity index (χ1n) is 7.65. The minimum absolute atomic E-state index is 0.262. The molecule has 1 fully saturated rings. The Balaban J connectivity index is 1.93. The largest absolute Gasteiger partial charge is 0.497 e. The zero-order valence-corrected chi connectivity index (χ0v) is 12.6. The maximum absolute atomic E-state index is 12.2. The lowest BCUT2D eigenvalue weighted by Crippen LogP contribution is -2.43. The second kappa shape index (κ2) is 4.52. The predicted octanol–water partition coefficient (Wildman–Crippen LogP) is 2.80. The van der Waals surface area contributed by atoms with Crippen molar-refractivity contribution < 1.29 is 9.53 Å². The molecule has 1 amide bonds. The molecule has 110 valence electrons. The van der Waals surface area contributed by atoms with Gasteiger partial charge < -0.3 is 14.2 Å². The maximum atomic E-state index is 12.2. The van der Waals surface area contributed by atoms with Crippen LogP contribution in [0.4, 0.5) is 0 Å². The van der Waals surface area contributed by atoms with Gasteiger partial charge in [0.25, 0.3) is 0 Å². The van der Waals surface area contributed by atoms with Crippen LogP contribution in [0.3, 0.4) is 0 Å². The average Bonchev–Trinajstić information content (AvgIpc) is 2.80. The summed E-state index contributed by atoms with van der Waals surface area (Å²) in [4.78, 5) is 14.2. The van der Waals surface area contributed by atoms with Crippen LogP contribution in [0.15, 0.2) is 18.2 Å². The van der Waals surface area contributed by atoms with E-state index in [2.05, 4.69) is 28.6 Å². The smallest absolute Gasteiger partial charge is 0.223 e. The van der Waals surface area contributed by atoms with Crippen molar-refractivity contribution in [2.24, 2.45) is 7.05 Å². The molecule has 0 aliphatic carbocycles. The summed E-state index contributed by atoms with van der Waals surface area (Å²) >= 11 is 0. The van der Waals surface area contributed by atoms with E-state index >= 15 is 0 Å². The minimum atomic E-state index is 0.262. The summed E-state index contributed by atoms with van der Waals surface area (Å²) < 4.78 is 7.65. The van der Waals surface area contributed by atoms with Crippen LogP contribution < -0.4 is 4.74 Å². The van der Waals surface area contributed by atoms with E-state index in [4.69, 9.17) is 4.74 Å². The third-order valence-corrected chi connectivity index (χ3v) is 5.04. The summed E-state index contributed by atoms with van der Waals surface area (Å²) in [7, 11) is 3.83. The number of benzene rings is 1. The van der Waals surface area contributed by atoms with Crippen LogP contribution in [0.2, 0.25) is 0 Å². The van der Waals surface area contributed by atoms with Crippen molar-refractivity contribution in [2.45, 2.75) is 31.7 Å². The molecule has 2 aromatic rings. The van der Waals surface area contributed by atoms with Gasteiger partial charge in [-0.3, -0.25) is 4.79 Å². The quantitative estimate of drug-likeness (QED) is 0.807. The van der Waals surface area contributed by atoms with Crippen LogP contribution >= 0.6 is 0 Å². The number of hydrogen-bond acceptors (Lipinski definition) is 2. The molecule has 21 heavy (non-hydrogen) atoms. The topological polar surface area (TPSA) is 34.5 Å². The first-order chi connectivity index (χ1) is 10.2. The summed E-state index contributed by atoms with van der Waals surface area (Å²) in [6, 6.07) is 6.53. The first kappa shape index (κ1) is 12.7. The number of fused-ring (bicyclic) bond motifs is 5. The Morgan fingerprint density at radius 2 is 2.14 bits per heavy atom. The number of carbonyl (C=O) groups excluding carboxylic acids is 1. The lowest BCUT2D eigenvalue weighted by atomic mass is 9.90. The molecule has 0 bridgehead atoms. The molecule has 4 heteroatoms. The van der Waals surface area contributed by atoms with Gasteiger partial charge in [-0.05, 0) is 43.0 Å². The maximum Gasteiger partial charge on any atom is 0.223 e. The van der Waals surface area contributed by atoms with E-state index < -0.39 is 0 Å². The second-order valence-corrected chi connectivity index (χ2v) is 6.05. The summed E-state index contributed by atoms with van der Waals surface area (Å²) in [5.41, 5.74) is 3.97. The van der Waals surface area contributed by atoms with E-state index in [9.17, 15) is 4.79 Å². The number of ether oxygens (including phenoxy) is 1. The van der Waals surface area contributed by atoms with Crippen LogP contribution in [0, 0.1) is 0 Å². The van der Waals surface area contributed by atoms with E-state index in [0.717, 1.165) is 31.6 Å². The lowest BCUT2D eigenvalue weighted by molar-refractivity contribution is -0.137. The fourth-order valence-corrected chi connectivity index (χ4v) is 4.05. The molecule has 0 radical (unpaired) electrons. The Morgan fingerprint density at radius 1 is 1.29 bits per heavy atom. The third-order valence-electron chi connectivity index (χ3n) is 5.04. The van der Waals surface area contributed by atoms with Gasteiger partial charge in [0.1, 0.15) is 5.75 Å². The second-order valence-electron chi connectivity index (χ2n) is 6.05. The van der Waals surface area contributed by atoms with Crippen molar-refractivity contribution in [1.82, 2.24) is 9.47 Å². The SMILES string of the molecule is COc1ccc2c(c1)c1c(n2C)C2CCCC(=O)N2CC1. The van der Waals surface area contributed by atoms with Crippen molar-refractivity contribution >= 4 is 16.8 Å². The Hall–Kier alpha value is -1.97. The molecular formula is C17H20N2O2. The molecule has 0 spiro atoms. The summed E-state index contributed by atoms with van der Waals surface area (Å²) in [5.74, 6) is 1.22. The zero-order chi connectivity index (χ0) is 14.6. The standard InChI is InChI=1S/C17H20N2O2/c1-18-14-7-6-11(21-2)10-13(14)12-8-9-19-15(17(12)18)4-3-5-16(19)20/h6-7,10,15H,3-5,8-9H2,1-2H3. The third kappa shape index (κ3) is 1.71. The normalized spacial score (nSPS) is 21.3. The van der Waals surface area contributed by atoms with Crippen molar-refractivity contribution in [1.29, 1.82) is 0 Å². The van der Waals surface area contributed by atoms with Crippen LogP contribution in [-0.4, -0.2) is 29.0 Å². The van der Waals surface area contributed by atoms with Gasteiger partial charge in [-0.15, -0.1) is 0 Å². The molecule has 1 aromatic heterocycles. The number of carbonyl (C=O) groups is 1. The molecule has 3 heterocycles. The predicted molar refractivity (Wildman–Crippen MR) is 81.5 cm³/mol. The number of methoxy groups -OCH3 is 1. The van der Waals surface area contributed by atoms with Crippen molar-refractivity contribution in [3.05, 3.63) is 29.5 Å². The summed E-state index contributed by atoms with van der Waals surface area (Å²) in [6.45, 7) is 0.854. The zero-order valence-electron chi connectivity index (χ0n) is 12.6. The van der Waals surface area contributed by atoms with Gasteiger partial charge in [0.2, 0.25) is 5.91 Å². The lowest BCUT2D eigenvalue weighted by Gasteiger charge is -2.40. The van der Waals surface area contributed by atoms with Gasteiger partial charge >= 0.3 is 0 Å². The van der Waals surface area contributed by atoms with E-state index in [0.29, 0.717) is 12.3 Å². The van der Waals surface area contributed by atoms with E-state index in [1.54, 1.807) is 7.11 Å². The molecule has 1 aromatic carbocycles. The molecule has 4 rings (SSSR count). The number of nitrogens with zero attached hydrogens (tertiary/aromatic N) is 2. The molecular weight excluding hydrogens is 264 g/mol. The highest BCUT2D eigenvalue weighted by Gasteiger charge is 2.36. The van der Waals surface area contributed by atoms with Crippen molar-refractivity contribution in [3.8, 4) is 5.75 Å². The molecule has 1 saturated heterocycles. The monoisotopic (exact) mass is 284 g/mol. The molecule has 0 saturated carbocycles. The van der Waals surface area contributed by atoms with E-state index in [1.165, 1.54) is 22.2 Å². The highest BCUT2D eigenvalue weighted by Crippen LogP contribution is 2.41. The molecule has 1 atom stereocenters. The van der Waals surface area contributed by atoms with Crippen molar-refractivity contribution in [3.63, 3.8) is 0 Å². The number of hydrogen-bond donors (Lipinski definition) is 0. The van der Waals surface area contributed by atoms with Crippen LogP contribution in [0.5, 0.6) is 5.75 Å². The van der Waals surface area contributed by atoms with Crippen molar-refractivity contribution in [2.75, 3.05) is 13.7 Å². The van der Waals surface area contributed by atoms with Crippen LogP contribution in [0.1, 0.15) is 36.6 Å². The number of aromatic nitrogens is 1. The highest BCUT2D eigenvalue weighted by molar-refractivity contribution is 5.88. The van der Waals surface area contributed by atoms with Gasteiger partial charge in [-0.2, -0.15) is 0 Å². The van der Waals surface area contributed by atoms with Gasteiger partial charge in [0.05, 0.1) is 13.2 Å². The average molecular weight is 284 g/mol. The number of rotatable bonds is 1. The van der Waals surface area contributed by atoms with E-state index in [-0.39, 0.29) is 6.04 Å². The molecule has 2 aliphatic rings. The summed E-state index contributed by atoms with van der Waals surface area (Å²) in [6.07, 6.45) is 3.75. The minimum Gasteiger partial charge on any atom is -0.497 e. The number of amides is 1. The Kier molecular flexibility index (Phi) is 2.74.